The van der Waals surface area contributed by atoms with Crippen molar-refractivity contribution in [2.24, 2.45) is 5.92 Å². The van der Waals surface area contributed by atoms with Crippen molar-refractivity contribution >= 4 is 27.8 Å². The molecule has 35 heavy (non-hydrogen) atoms. The van der Waals surface area contributed by atoms with Gasteiger partial charge >= 0.3 is 5.97 Å². The molecule has 9 heteroatoms. The molecule has 1 saturated heterocycles. The van der Waals surface area contributed by atoms with Crippen LogP contribution in [0.4, 0.5) is 0 Å². The first-order valence-electron chi connectivity index (χ1n) is 12.0. The predicted molar refractivity (Wildman–Crippen MR) is 129 cm³/mol. The highest BCUT2D eigenvalue weighted by Gasteiger charge is 2.33. The lowest BCUT2D eigenvalue weighted by molar-refractivity contribution is -0.154. The summed E-state index contributed by atoms with van der Waals surface area (Å²) in [7, 11) is -3.63. The molecular weight excluding hydrogens is 468 g/mol. The number of fused-ring (bicyclic) bond motifs is 1. The molecule has 0 unspecified atom stereocenters. The third-order valence-electron chi connectivity index (χ3n) is 6.58. The van der Waals surface area contributed by atoms with Crippen LogP contribution < -0.4 is 5.32 Å². The van der Waals surface area contributed by atoms with Crippen molar-refractivity contribution in [2.75, 3.05) is 19.7 Å². The van der Waals surface area contributed by atoms with Gasteiger partial charge in [0, 0.05) is 13.1 Å². The Morgan fingerprint density at radius 2 is 1.60 bits per heavy atom. The zero-order chi connectivity index (χ0) is 24.8. The lowest BCUT2D eigenvalue weighted by Crippen LogP contribution is -2.41. The minimum atomic E-state index is -3.63. The van der Waals surface area contributed by atoms with E-state index in [1.165, 1.54) is 9.87 Å². The van der Waals surface area contributed by atoms with Gasteiger partial charge in [0.15, 0.2) is 6.61 Å². The van der Waals surface area contributed by atoms with Crippen LogP contribution >= 0.6 is 0 Å². The van der Waals surface area contributed by atoms with Crippen molar-refractivity contribution < 1.29 is 27.5 Å². The van der Waals surface area contributed by atoms with Crippen LogP contribution in [0.1, 0.15) is 42.4 Å². The van der Waals surface area contributed by atoms with Crippen molar-refractivity contribution in [3.05, 3.63) is 65.2 Å². The summed E-state index contributed by atoms with van der Waals surface area (Å²) in [6, 6.07) is 14.4. The molecule has 1 aliphatic heterocycles. The monoisotopic (exact) mass is 498 g/mol. The van der Waals surface area contributed by atoms with E-state index < -0.39 is 40.3 Å². The van der Waals surface area contributed by atoms with E-state index in [2.05, 4.69) is 5.32 Å². The van der Waals surface area contributed by atoms with Crippen molar-refractivity contribution in [1.82, 2.24) is 9.62 Å². The SMILES string of the molecule is O=C(COC(=O)C1CCN(S(=O)(=O)c2ccc3c(c2)CCCC3)CC1)NC(=O)Cc1ccccc1. The maximum absolute atomic E-state index is 13.1. The van der Waals surface area contributed by atoms with Crippen LogP contribution in [-0.4, -0.2) is 50.2 Å². The summed E-state index contributed by atoms with van der Waals surface area (Å²) in [5.74, 6) is -2.20. The molecule has 0 bridgehead atoms. The van der Waals surface area contributed by atoms with E-state index >= 15 is 0 Å². The van der Waals surface area contributed by atoms with Gasteiger partial charge in [-0.2, -0.15) is 4.31 Å². The quantitative estimate of drug-likeness (QED) is 0.587. The van der Waals surface area contributed by atoms with Crippen molar-refractivity contribution in [3.63, 3.8) is 0 Å². The van der Waals surface area contributed by atoms with E-state index in [1.807, 2.05) is 12.1 Å². The number of rotatable bonds is 7. The van der Waals surface area contributed by atoms with Crippen molar-refractivity contribution in [3.8, 4) is 0 Å². The van der Waals surface area contributed by atoms with Crippen LogP contribution in [0.25, 0.3) is 0 Å². The normalized spacial score (nSPS) is 16.8. The van der Waals surface area contributed by atoms with Gasteiger partial charge in [-0.05, 0) is 67.3 Å². The van der Waals surface area contributed by atoms with Gasteiger partial charge in [-0.25, -0.2) is 8.42 Å². The number of nitrogens with one attached hydrogen (secondary N) is 1. The zero-order valence-electron chi connectivity index (χ0n) is 19.6. The van der Waals surface area contributed by atoms with Gasteiger partial charge in [-0.3, -0.25) is 19.7 Å². The van der Waals surface area contributed by atoms with Gasteiger partial charge in [0.1, 0.15) is 0 Å². The Kier molecular flexibility index (Phi) is 7.97. The van der Waals surface area contributed by atoms with Crippen LogP contribution in [0.3, 0.4) is 0 Å². The number of hydrogen-bond donors (Lipinski definition) is 1. The van der Waals surface area contributed by atoms with Crippen molar-refractivity contribution in [2.45, 2.75) is 49.8 Å². The maximum Gasteiger partial charge on any atom is 0.309 e. The van der Waals surface area contributed by atoms with Gasteiger partial charge in [-0.15, -0.1) is 0 Å². The first-order chi connectivity index (χ1) is 16.8. The predicted octanol–water partition coefficient (Wildman–Crippen LogP) is 2.39. The fourth-order valence-electron chi connectivity index (χ4n) is 4.62. The number of hydrogen-bond acceptors (Lipinski definition) is 6. The summed E-state index contributed by atoms with van der Waals surface area (Å²) in [4.78, 5) is 36.7. The Morgan fingerprint density at radius 1 is 0.914 bits per heavy atom. The molecule has 1 heterocycles. The molecule has 2 aromatic carbocycles. The van der Waals surface area contributed by atoms with Crippen LogP contribution in [-0.2, 0) is 48.4 Å². The largest absolute Gasteiger partial charge is 0.455 e. The number of aryl methyl sites for hydroxylation is 2. The summed E-state index contributed by atoms with van der Waals surface area (Å²) >= 11 is 0. The van der Waals surface area contributed by atoms with Crippen molar-refractivity contribution in [1.29, 1.82) is 0 Å². The molecule has 0 spiro atoms. The van der Waals surface area contributed by atoms with Gasteiger partial charge in [0.05, 0.1) is 17.2 Å². The molecule has 1 aliphatic carbocycles. The Bertz CT molecular complexity index is 1190. The molecule has 0 saturated carbocycles. The first kappa shape index (κ1) is 25.1. The van der Waals surface area contributed by atoms with Gasteiger partial charge < -0.3 is 4.74 Å². The van der Waals surface area contributed by atoms with Gasteiger partial charge in [0.2, 0.25) is 15.9 Å². The summed E-state index contributed by atoms with van der Waals surface area (Å²) in [6.45, 7) is -0.130. The standard InChI is InChI=1S/C26H30N2O6S/c29-24(16-19-6-2-1-3-7-19)27-25(30)18-34-26(31)21-12-14-28(15-13-21)35(32,33)23-11-10-20-8-4-5-9-22(20)17-23/h1-3,6-7,10-11,17,21H,4-5,8-9,12-16,18H2,(H,27,29,30). The van der Waals surface area contributed by atoms with E-state index in [1.54, 1.807) is 36.4 Å². The fraction of sp³-hybridized carbons (Fsp3) is 0.423. The fourth-order valence-corrected chi connectivity index (χ4v) is 6.14. The number of sulfonamides is 1. The molecular formula is C26H30N2O6S. The Balaban J connectivity index is 1.23. The molecule has 0 radical (unpaired) electrons. The second-order valence-corrected chi connectivity index (χ2v) is 11.0. The molecule has 186 valence electrons. The second kappa shape index (κ2) is 11.1. The molecule has 1 fully saturated rings. The lowest BCUT2D eigenvalue weighted by Gasteiger charge is -2.30. The molecule has 0 atom stereocenters. The Labute approximate surface area is 205 Å². The lowest BCUT2D eigenvalue weighted by atomic mass is 9.92. The summed E-state index contributed by atoms with van der Waals surface area (Å²) in [5.41, 5.74) is 3.10. The van der Waals surface area contributed by atoms with E-state index in [-0.39, 0.29) is 19.5 Å². The first-order valence-corrected chi connectivity index (χ1v) is 13.4. The number of carbonyl (C=O) groups excluding carboxylic acids is 3. The molecule has 4 rings (SSSR count). The minimum absolute atomic E-state index is 0.0533. The highest BCUT2D eigenvalue weighted by atomic mass is 32.2. The molecule has 8 nitrogen and oxygen atoms in total. The van der Waals surface area contributed by atoms with Crippen LogP contribution in [0.5, 0.6) is 0 Å². The minimum Gasteiger partial charge on any atom is -0.455 e. The summed E-state index contributed by atoms with van der Waals surface area (Å²) in [6.07, 6.45) is 4.78. The molecule has 2 aromatic rings. The van der Waals surface area contributed by atoms with Gasteiger partial charge in [-0.1, -0.05) is 36.4 Å². The van der Waals surface area contributed by atoms with Crippen LogP contribution in [0, 0.1) is 5.92 Å². The number of benzene rings is 2. The van der Waals surface area contributed by atoms with Crippen LogP contribution in [0.15, 0.2) is 53.4 Å². The molecule has 1 N–H and O–H groups in total. The highest BCUT2D eigenvalue weighted by molar-refractivity contribution is 7.89. The zero-order valence-corrected chi connectivity index (χ0v) is 20.4. The average molecular weight is 499 g/mol. The highest BCUT2D eigenvalue weighted by Crippen LogP contribution is 2.28. The topological polar surface area (TPSA) is 110 Å². The summed E-state index contributed by atoms with van der Waals surface area (Å²) in [5, 5.41) is 2.21. The van der Waals surface area contributed by atoms with E-state index in [9.17, 15) is 22.8 Å². The van der Waals surface area contributed by atoms with E-state index in [0.717, 1.165) is 36.8 Å². The number of imide groups is 1. The van der Waals surface area contributed by atoms with Crippen LogP contribution in [0.2, 0.25) is 0 Å². The molecule has 2 amide bonds. The third kappa shape index (κ3) is 6.35. The molecule has 2 aliphatic rings. The second-order valence-electron chi connectivity index (χ2n) is 9.06. The summed E-state index contributed by atoms with van der Waals surface area (Å²) < 4.78 is 32.8. The number of ether oxygens (including phenoxy) is 1. The number of nitrogens with zero attached hydrogens (tertiary/aromatic N) is 1. The number of esters is 1. The average Bonchev–Trinajstić information content (AvgIpc) is 2.87. The smallest absolute Gasteiger partial charge is 0.309 e. The Morgan fingerprint density at radius 3 is 2.31 bits per heavy atom. The number of carbonyl (C=O) groups is 3. The van der Waals surface area contributed by atoms with E-state index in [0.29, 0.717) is 17.7 Å². The maximum atomic E-state index is 13.1. The number of piperidine rings is 1. The third-order valence-corrected chi connectivity index (χ3v) is 8.47. The van der Waals surface area contributed by atoms with Gasteiger partial charge in [0.25, 0.3) is 5.91 Å². The number of amides is 2. The van der Waals surface area contributed by atoms with E-state index in [4.69, 9.17) is 4.74 Å². The molecule has 0 aromatic heterocycles. The Hall–Kier alpha value is -3.04.